The third kappa shape index (κ3) is 4.23. The van der Waals surface area contributed by atoms with E-state index < -0.39 is 33.3 Å². The number of carbonyl (C=O) groups excluding carboxylic acids is 1. The molecule has 0 aliphatic heterocycles. The zero-order valence-corrected chi connectivity index (χ0v) is 16.7. The lowest BCUT2D eigenvalue weighted by atomic mass is 9.93. The number of benzene rings is 2. The second-order valence-electron chi connectivity index (χ2n) is 6.26. The molecule has 0 heterocycles. The smallest absolute Gasteiger partial charge is 0.432 e. The molecule has 158 valence electrons. The van der Waals surface area contributed by atoms with Crippen LogP contribution in [0.4, 0.5) is 18.9 Å². The molecule has 0 fully saturated rings. The third-order valence-electron chi connectivity index (χ3n) is 4.31. The van der Waals surface area contributed by atoms with Gasteiger partial charge < -0.3 is 9.84 Å². The minimum absolute atomic E-state index is 0.00740. The first-order valence-corrected chi connectivity index (χ1v) is 9.92. The van der Waals surface area contributed by atoms with Gasteiger partial charge in [-0.05, 0) is 38.1 Å². The molecular formula is C19H20F3NO5S. The number of carbonyl (C=O) groups is 1. The van der Waals surface area contributed by atoms with Crippen molar-refractivity contribution in [3.8, 4) is 0 Å². The van der Waals surface area contributed by atoms with Crippen LogP contribution in [0, 0.1) is 6.92 Å². The molecule has 10 heteroatoms. The van der Waals surface area contributed by atoms with Gasteiger partial charge in [0.2, 0.25) is 0 Å². The van der Waals surface area contributed by atoms with Crippen LogP contribution in [0.5, 0.6) is 0 Å². The number of hydrogen-bond acceptors (Lipinski definition) is 5. The van der Waals surface area contributed by atoms with E-state index in [1.165, 1.54) is 26.1 Å². The van der Waals surface area contributed by atoms with Crippen molar-refractivity contribution in [1.29, 1.82) is 0 Å². The van der Waals surface area contributed by atoms with E-state index in [9.17, 15) is 31.5 Å². The summed E-state index contributed by atoms with van der Waals surface area (Å²) in [5, 5.41) is 10.1. The Balaban J connectivity index is 2.42. The molecular weight excluding hydrogens is 411 g/mol. The Kier molecular flexibility index (Phi) is 6.29. The second kappa shape index (κ2) is 8.03. The molecule has 1 N–H and O–H groups in total. The van der Waals surface area contributed by atoms with Crippen LogP contribution in [0.25, 0.3) is 0 Å². The zero-order chi connectivity index (χ0) is 22.0. The minimum Gasteiger partial charge on any atom is -0.463 e. The molecule has 0 aromatic heterocycles. The molecule has 2 rings (SSSR count). The molecule has 0 saturated carbocycles. The molecule has 0 aliphatic rings. The summed E-state index contributed by atoms with van der Waals surface area (Å²) in [6, 6.07) is 9.87. The first kappa shape index (κ1) is 22.7. The predicted octanol–water partition coefficient (Wildman–Crippen LogP) is 3.13. The van der Waals surface area contributed by atoms with E-state index in [1.54, 1.807) is 19.1 Å². The van der Waals surface area contributed by atoms with E-state index in [2.05, 4.69) is 4.74 Å². The number of hydrogen-bond donors (Lipinski definition) is 1. The number of esters is 1. The van der Waals surface area contributed by atoms with Gasteiger partial charge in [0, 0.05) is 12.6 Å². The van der Waals surface area contributed by atoms with E-state index in [-0.39, 0.29) is 17.2 Å². The highest BCUT2D eigenvalue weighted by Crippen LogP contribution is 2.40. The number of nitrogens with zero attached hydrogens (tertiary/aromatic N) is 1. The fraction of sp³-hybridized carbons (Fsp3) is 0.316. The van der Waals surface area contributed by atoms with Crippen molar-refractivity contribution in [2.75, 3.05) is 18.0 Å². The normalized spacial score (nSPS) is 14.2. The molecule has 0 saturated heterocycles. The Morgan fingerprint density at radius 3 is 2.03 bits per heavy atom. The Morgan fingerprint density at radius 2 is 1.59 bits per heavy atom. The van der Waals surface area contributed by atoms with Gasteiger partial charge in [-0.15, -0.1) is 0 Å². The summed E-state index contributed by atoms with van der Waals surface area (Å²) in [6.45, 7) is 2.75. The highest BCUT2D eigenvalue weighted by atomic mass is 32.2. The van der Waals surface area contributed by atoms with Gasteiger partial charge in [-0.1, -0.05) is 29.8 Å². The van der Waals surface area contributed by atoms with Crippen molar-refractivity contribution in [3.05, 3.63) is 59.7 Å². The maximum Gasteiger partial charge on any atom is 0.432 e. The Hall–Kier alpha value is -2.59. The maximum atomic E-state index is 13.4. The number of anilines is 1. The van der Waals surface area contributed by atoms with Crippen molar-refractivity contribution in [3.63, 3.8) is 0 Å². The summed E-state index contributed by atoms with van der Waals surface area (Å²) in [4.78, 5) is 11.8. The van der Waals surface area contributed by atoms with Gasteiger partial charge in [0.25, 0.3) is 15.6 Å². The molecule has 0 bridgehead atoms. The summed E-state index contributed by atoms with van der Waals surface area (Å²) in [7, 11) is -2.71. The molecule has 29 heavy (non-hydrogen) atoms. The minimum atomic E-state index is -5.33. The van der Waals surface area contributed by atoms with Crippen molar-refractivity contribution >= 4 is 21.7 Å². The van der Waals surface area contributed by atoms with Crippen LogP contribution in [0.1, 0.15) is 18.1 Å². The lowest BCUT2D eigenvalue weighted by Crippen LogP contribution is -2.50. The lowest BCUT2D eigenvalue weighted by Gasteiger charge is -2.29. The molecule has 0 radical (unpaired) electrons. The zero-order valence-electron chi connectivity index (χ0n) is 15.9. The van der Waals surface area contributed by atoms with Gasteiger partial charge >= 0.3 is 12.1 Å². The van der Waals surface area contributed by atoms with Crippen LogP contribution in [-0.2, 0) is 25.2 Å². The third-order valence-corrected chi connectivity index (χ3v) is 6.11. The molecule has 2 aromatic rings. The Morgan fingerprint density at radius 1 is 1.07 bits per heavy atom. The number of sulfonamides is 1. The Bertz CT molecular complexity index is 972. The van der Waals surface area contributed by atoms with E-state index in [4.69, 9.17) is 0 Å². The Labute approximate surface area is 166 Å². The van der Waals surface area contributed by atoms with Crippen molar-refractivity contribution < 1.29 is 36.2 Å². The maximum absolute atomic E-state index is 13.4. The number of alkyl halides is 3. The lowest BCUT2D eigenvalue weighted by molar-refractivity contribution is -0.267. The van der Waals surface area contributed by atoms with Crippen molar-refractivity contribution in [1.82, 2.24) is 0 Å². The quantitative estimate of drug-likeness (QED) is 0.711. The highest BCUT2D eigenvalue weighted by molar-refractivity contribution is 7.92. The largest absolute Gasteiger partial charge is 0.463 e. The summed E-state index contributed by atoms with van der Waals surface area (Å²) in [5.74, 6) is -1.86. The highest BCUT2D eigenvalue weighted by Gasteiger charge is 2.62. The van der Waals surface area contributed by atoms with Gasteiger partial charge in [-0.25, -0.2) is 13.2 Å². The van der Waals surface area contributed by atoms with Gasteiger partial charge in [0.1, 0.15) is 0 Å². The van der Waals surface area contributed by atoms with Gasteiger partial charge in [-0.2, -0.15) is 13.2 Å². The fourth-order valence-corrected chi connectivity index (χ4v) is 3.75. The predicted molar refractivity (Wildman–Crippen MR) is 99.8 cm³/mol. The van der Waals surface area contributed by atoms with Crippen LogP contribution < -0.4 is 4.31 Å². The monoisotopic (exact) mass is 431 g/mol. The van der Waals surface area contributed by atoms with Crippen LogP contribution in [0.15, 0.2) is 53.4 Å². The van der Waals surface area contributed by atoms with Gasteiger partial charge in [0.15, 0.2) is 0 Å². The number of rotatable bonds is 6. The average molecular weight is 431 g/mol. The fourth-order valence-electron chi connectivity index (χ4n) is 2.55. The molecule has 0 spiro atoms. The van der Waals surface area contributed by atoms with Crippen LogP contribution in [0.2, 0.25) is 0 Å². The van der Waals surface area contributed by atoms with Gasteiger partial charge in [-0.3, -0.25) is 4.31 Å². The van der Waals surface area contributed by atoms with Crippen molar-refractivity contribution in [2.45, 2.75) is 30.5 Å². The van der Waals surface area contributed by atoms with Crippen LogP contribution in [-0.4, -0.2) is 39.3 Å². The van der Waals surface area contributed by atoms with Crippen LogP contribution in [0.3, 0.4) is 0 Å². The molecule has 2 aromatic carbocycles. The summed E-state index contributed by atoms with van der Waals surface area (Å²) < 4.78 is 70.9. The first-order valence-electron chi connectivity index (χ1n) is 8.48. The van der Waals surface area contributed by atoms with E-state index in [0.29, 0.717) is 0 Å². The summed E-state index contributed by atoms with van der Waals surface area (Å²) in [5.41, 5.74) is -3.74. The summed E-state index contributed by atoms with van der Waals surface area (Å²) in [6.07, 6.45) is -5.33. The van der Waals surface area contributed by atoms with E-state index >= 15 is 0 Å². The number of aliphatic hydroxyl groups is 1. The number of ether oxygens (including phenoxy) is 1. The molecule has 6 nitrogen and oxygen atoms in total. The number of aryl methyl sites for hydroxylation is 1. The number of halogens is 3. The SMILES string of the molecule is CCOC(=O)[C@@](O)(c1ccc(N(C)S(=O)(=O)c2ccc(C)cc2)cc1)C(F)(F)F. The standard InChI is InChI=1S/C19H20F3NO5S/c1-4-28-17(24)18(25,19(20,21)22)14-7-9-15(10-8-14)23(3)29(26,27)16-11-5-13(2)6-12-16/h5-12,25H,4H2,1-3H3/t18-/m0/s1. The van der Waals surface area contributed by atoms with E-state index in [0.717, 1.165) is 34.1 Å². The molecule has 0 aliphatic carbocycles. The summed E-state index contributed by atoms with van der Waals surface area (Å²) >= 11 is 0. The molecule has 1 atom stereocenters. The van der Waals surface area contributed by atoms with Crippen LogP contribution >= 0.6 is 0 Å². The molecule has 0 amide bonds. The molecule has 0 unspecified atom stereocenters. The first-order chi connectivity index (χ1) is 13.4. The van der Waals surface area contributed by atoms with Gasteiger partial charge in [0.05, 0.1) is 17.2 Å². The van der Waals surface area contributed by atoms with E-state index in [1.807, 2.05) is 0 Å². The average Bonchev–Trinajstić information content (AvgIpc) is 2.66. The topological polar surface area (TPSA) is 83.9 Å². The van der Waals surface area contributed by atoms with Crippen molar-refractivity contribution in [2.24, 2.45) is 0 Å². The second-order valence-corrected chi connectivity index (χ2v) is 8.23.